The molecule has 0 atom stereocenters. The van der Waals surface area contributed by atoms with E-state index in [9.17, 15) is 18.5 Å². The van der Waals surface area contributed by atoms with E-state index in [1.165, 1.54) is 12.1 Å². The Balaban J connectivity index is 3.06. The molecular weight excluding hydrogens is 332 g/mol. The number of sulfonamides is 1. The molecule has 0 fully saturated rings. The molecule has 9 heteroatoms. The van der Waals surface area contributed by atoms with Gasteiger partial charge < -0.3 is 10.2 Å². The molecular formula is C15H26N4O4S. The molecule has 2 N–H and O–H groups in total. The van der Waals surface area contributed by atoms with Crippen LogP contribution in [-0.2, 0) is 10.0 Å². The number of likely N-dealkylation sites (N-methyl/N-ethyl adjacent to an activating group) is 1. The van der Waals surface area contributed by atoms with Gasteiger partial charge in [-0.3, -0.25) is 10.1 Å². The zero-order chi connectivity index (χ0) is 18.3. The second-order valence-electron chi connectivity index (χ2n) is 5.79. The van der Waals surface area contributed by atoms with Gasteiger partial charge in [0.25, 0.3) is 5.69 Å². The normalized spacial score (nSPS) is 11.9. The minimum absolute atomic E-state index is 0.101. The third-order valence-electron chi connectivity index (χ3n) is 3.67. The zero-order valence-electron chi connectivity index (χ0n) is 14.6. The van der Waals surface area contributed by atoms with E-state index < -0.39 is 14.9 Å². The second kappa shape index (κ2) is 8.95. The fourth-order valence-electron chi connectivity index (χ4n) is 2.15. The van der Waals surface area contributed by atoms with Crippen LogP contribution in [0.4, 0.5) is 11.4 Å². The van der Waals surface area contributed by atoms with Crippen molar-refractivity contribution in [2.45, 2.75) is 37.6 Å². The highest BCUT2D eigenvalue weighted by atomic mass is 32.2. The lowest BCUT2D eigenvalue weighted by Crippen LogP contribution is -2.31. The van der Waals surface area contributed by atoms with Crippen LogP contribution in [0.1, 0.15) is 26.7 Å². The van der Waals surface area contributed by atoms with Crippen molar-refractivity contribution >= 4 is 21.4 Å². The van der Waals surface area contributed by atoms with Crippen molar-refractivity contribution in [1.82, 2.24) is 9.62 Å². The van der Waals surface area contributed by atoms with Crippen LogP contribution in [0.25, 0.3) is 0 Å². The van der Waals surface area contributed by atoms with E-state index in [0.29, 0.717) is 12.2 Å². The maximum absolute atomic E-state index is 12.3. The van der Waals surface area contributed by atoms with Crippen LogP contribution in [0, 0.1) is 10.1 Å². The number of rotatable bonds is 10. The Kier molecular flexibility index (Phi) is 7.59. The lowest BCUT2D eigenvalue weighted by molar-refractivity contribution is -0.384. The van der Waals surface area contributed by atoms with Gasteiger partial charge in [0.15, 0.2) is 0 Å². The Labute approximate surface area is 143 Å². The van der Waals surface area contributed by atoms with Crippen molar-refractivity contribution in [2.24, 2.45) is 0 Å². The Hall–Kier alpha value is -1.71. The van der Waals surface area contributed by atoms with Gasteiger partial charge >= 0.3 is 0 Å². The first-order valence-corrected chi connectivity index (χ1v) is 9.39. The van der Waals surface area contributed by atoms with Gasteiger partial charge in [-0.05, 0) is 39.1 Å². The molecule has 8 nitrogen and oxygen atoms in total. The van der Waals surface area contributed by atoms with E-state index in [0.717, 1.165) is 18.9 Å². The number of nitrogens with zero attached hydrogens (tertiary/aromatic N) is 2. The van der Waals surface area contributed by atoms with E-state index >= 15 is 0 Å². The summed E-state index contributed by atoms with van der Waals surface area (Å²) in [5.41, 5.74) is 0.0957. The van der Waals surface area contributed by atoms with Crippen molar-refractivity contribution in [3.8, 4) is 0 Å². The molecule has 0 unspecified atom stereocenters. The average Bonchev–Trinajstić information content (AvgIpc) is 2.51. The minimum Gasteiger partial charge on any atom is -0.377 e. The van der Waals surface area contributed by atoms with E-state index in [2.05, 4.69) is 10.0 Å². The molecule has 0 aromatic heterocycles. The molecule has 0 saturated heterocycles. The number of benzene rings is 1. The van der Waals surface area contributed by atoms with Gasteiger partial charge in [0.2, 0.25) is 10.0 Å². The van der Waals surface area contributed by atoms with Crippen LogP contribution in [-0.4, -0.2) is 51.5 Å². The molecule has 0 spiro atoms. The Bertz CT molecular complexity index is 657. The van der Waals surface area contributed by atoms with Crippen LogP contribution in [0.15, 0.2) is 23.1 Å². The fraction of sp³-hybridized carbons (Fsp3) is 0.600. The molecule has 1 aromatic rings. The summed E-state index contributed by atoms with van der Waals surface area (Å²) in [5, 5.41) is 14.4. The van der Waals surface area contributed by atoms with Crippen molar-refractivity contribution in [3.63, 3.8) is 0 Å². The van der Waals surface area contributed by atoms with Crippen molar-refractivity contribution in [2.75, 3.05) is 32.5 Å². The van der Waals surface area contributed by atoms with Gasteiger partial charge in [-0.2, -0.15) is 0 Å². The SMILES string of the molecule is CCC(CC)Nc1ccc(S(=O)(=O)NCCN(C)C)cc1[N+](=O)[O-]. The third kappa shape index (κ3) is 5.73. The van der Waals surface area contributed by atoms with E-state index in [-0.39, 0.29) is 23.2 Å². The fourth-order valence-corrected chi connectivity index (χ4v) is 3.19. The maximum atomic E-state index is 12.3. The highest BCUT2D eigenvalue weighted by molar-refractivity contribution is 7.89. The topological polar surface area (TPSA) is 105 Å². The summed E-state index contributed by atoms with van der Waals surface area (Å²) in [6, 6.07) is 4.04. The van der Waals surface area contributed by atoms with Crippen LogP contribution in [0.2, 0.25) is 0 Å². The molecule has 0 amide bonds. The number of hydrogen-bond donors (Lipinski definition) is 2. The standard InChI is InChI=1S/C15H26N4O4S/c1-5-12(6-2)17-14-8-7-13(11-15(14)19(20)21)24(22,23)16-9-10-18(3)4/h7-8,11-12,16-17H,5-6,9-10H2,1-4H3. The van der Waals surface area contributed by atoms with Crippen molar-refractivity contribution < 1.29 is 13.3 Å². The lowest BCUT2D eigenvalue weighted by Gasteiger charge is -2.17. The highest BCUT2D eigenvalue weighted by Gasteiger charge is 2.22. The second-order valence-corrected chi connectivity index (χ2v) is 7.56. The minimum atomic E-state index is -3.78. The summed E-state index contributed by atoms with van der Waals surface area (Å²) in [6.07, 6.45) is 1.64. The summed E-state index contributed by atoms with van der Waals surface area (Å²) in [7, 11) is -0.116. The molecule has 24 heavy (non-hydrogen) atoms. The highest BCUT2D eigenvalue weighted by Crippen LogP contribution is 2.28. The van der Waals surface area contributed by atoms with Crippen LogP contribution in [0.5, 0.6) is 0 Å². The van der Waals surface area contributed by atoms with Gasteiger partial charge in [-0.1, -0.05) is 13.8 Å². The van der Waals surface area contributed by atoms with Crippen LogP contribution < -0.4 is 10.0 Å². The molecule has 0 heterocycles. The predicted octanol–water partition coefficient (Wildman–Crippen LogP) is 2.04. The van der Waals surface area contributed by atoms with Gasteiger partial charge in [0.05, 0.1) is 9.82 Å². The molecule has 0 saturated carbocycles. The van der Waals surface area contributed by atoms with Crippen LogP contribution >= 0.6 is 0 Å². The van der Waals surface area contributed by atoms with E-state index in [4.69, 9.17) is 0 Å². The third-order valence-corrected chi connectivity index (χ3v) is 5.13. The van der Waals surface area contributed by atoms with Gasteiger partial charge in [0.1, 0.15) is 5.69 Å². The largest absolute Gasteiger partial charge is 0.377 e. The van der Waals surface area contributed by atoms with Gasteiger partial charge in [-0.15, -0.1) is 0 Å². The molecule has 0 radical (unpaired) electrons. The van der Waals surface area contributed by atoms with Crippen molar-refractivity contribution in [3.05, 3.63) is 28.3 Å². The first kappa shape index (κ1) is 20.3. The quantitative estimate of drug-likeness (QED) is 0.490. The average molecular weight is 358 g/mol. The molecule has 1 rings (SSSR count). The van der Waals surface area contributed by atoms with E-state index in [1.807, 2.05) is 32.8 Å². The first-order chi connectivity index (χ1) is 11.2. The molecule has 136 valence electrons. The molecule has 0 bridgehead atoms. The number of nitrogens with one attached hydrogen (secondary N) is 2. The van der Waals surface area contributed by atoms with Crippen molar-refractivity contribution in [1.29, 1.82) is 0 Å². The smallest absolute Gasteiger partial charge is 0.293 e. The number of anilines is 1. The van der Waals surface area contributed by atoms with Gasteiger partial charge in [0, 0.05) is 25.2 Å². The number of nitro groups is 1. The maximum Gasteiger partial charge on any atom is 0.293 e. The summed E-state index contributed by atoms with van der Waals surface area (Å²) < 4.78 is 27.0. The first-order valence-electron chi connectivity index (χ1n) is 7.90. The summed E-state index contributed by atoms with van der Waals surface area (Å²) in [4.78, 5) is 12.5. The molecule has 0 aliphatic heterocycles. The summed E-state index contributed by atoms with van der Waals surface area (Å²) in [5.74, 6) is 0. The Morgan fingerprint density at radius 2 is 1.88 bits per heavy atom. The lowest BCUT2D eigenvalue weighted by atomic mass is 10.1. The summed E-state index contributed by atoms with van der Waals surface area (Å²) >= 11 is 0. The summed E-state index contributed by atoms with van der Waals surface area (Å²) in [6.45, 7) is 4.74. The monoisotopic (exact) mass is 358 g/mol. The van der Waals surface area contributed by atoms with Crippen LogP contribution in [0.3, 0.4) is 0 Å². The van der Waals surface area contributed by atoms with E-state index in [1.54, 1.807) is 0 Å². The Morgan fingerprint density at radius 1 is 1.25 bits per heavy atom. The Morgan fingerprint density at radius 3 is 2.38 bits per heavy atom. The van der Waals surface area contributed by atoms with Gasteiger partial charge in [-0.25, -0.2) is 13.1 Å². The molecule has 1 aromatic carbocycles. The molecule has 0 aliphatic rings. The predicted molar refractivity (Wildman–Crippen MR) is 94.8 cm³/mol. The number of nitro benzene ring substituents is 1. The zero-order valence-corrected chi connectivity index (χ0v) is 15.4. The molecule has 0 aliphatic carbocycles. The number of hydrogen-bond acceptors (Lipinski definition) is 6.